The summed E-state index contributed by atoms with van der Waals surface area (Å²) in [6.45, 7) is 2.27. The van der Waals surface area contributed by atoms with Gasteiger partial charge in [-0.25, -0.2) is 0 Å². The topological polar surface area (TPSA) is 23.8 Å². The van der Waals surface area contributed by atoms with Crippen LogP contribution in [-0.2, 0) is 0 Å². The van der Waals surface area contributed by atoms with Gasteiger partial charge in [-0.2, -0.15) is 5.26 Å². The highest BCUT2D eigenvalue weighted by molar-refractivity contribution is 4.81. The van der Waals surface area contributed by atoms with Crippen LogP contribution in [0.3, 0.4) is 0 Å². The average Bonchev–Trinajstić information content (AvgIpc) is 2.43. The first-order valence-electron chi connectivity index (χ1n) is 8.43. The third-order valence-electron chi connectivity index (χ3n) is 3.55. The van der Waals surface area contributed by atoms with E-state index in [1.165, 1.54) is 70.6 Å². The summed E-state index contributed by atoms with van der Waals surface area (Å²) in [5.41, 5.74) is 0. The summed E-state index contributed by atoms with van der Waals surface area (Å²) in [7, 11) is 0. The molecule has 0 saturated heterocycles. The molecule has 0 aromatic carbocycles. The van der Waals surface area contributed by atoms with Crippen molar-refractivity contribution >= 4 is 0 Å². The second kappa shape index (κ2) is 17.2. The molecule has 0 bridgehead atoms. The van der Waals surface area contributed by atoms with Crippen LogP contribution in [0.15, 0.2) is 12.2 Å². The van der Waals surface area contributed by atoms with E-state index in [2.05, 4.69) is 25.1 Å². The molecule has 0 aliphatic carbocycles. The minimum atomic E-state index is 0.714. The molecule has 0 N–H and O–H groups in total. The molecule has 0 spiro atoms. The van der Waals surface area contributed by atoms with E-state index in [1.807, 2.05) is 0 Å². The van der Waals surface area contributed by atoms with Crippen LogP contribution in [0.1, 0.15) is 96.8 Å². The Kier molecular flexibility index (Phi) is 16.5. The van der Waals surface area contributed by atoms with Gasteiger partial charge in [0.25, 0.3) is 0 Å². The van der Waals surface area contributed by atoms with Crippen molar-refractivity contribution in [1.82, 2.24) is 0 Å². The van der Waals surface area contributed by atoms with Crippen molar-refractivity contribution in [2.45, 2.75) is 96.8 Å². The first-order chi connectivity index (χ1) is 9.41. The molecule has 0 aliphatic heterocycles. The smallest absolute Gasteiger partial charge is 0.0621 e. The van der Waals surface area contributed by atoms with E-state index in [-0.39, 0.29) is 0 Å². The van der Waals surface area contributed by atoms with E-state index in [0.29, 0.717) is 6.42 Å². The fourth-order valence-corrected chi connectivity index (χ4v) is 2.27. The highest BCUT2D eigenvalue weighted by atomic mass is 14.2. The van der Waals surface area contributed by atoms with Crippen molar-refractivity contribution < 1.29 is 0 Å². The van der Waals surface area contributed by atoms with Gasteiger partial charge in [-0.05, 0) is 32.1 Å². The Hall–Kier alpha value is -0.770. The van der Waals surface area contributed by atoms with E-state index < -0.39 is 0 Å². The standard InChI is InChI=1S/C18H33N/c1-2-3-4-5-6-7-8-9-10-11-12-13-14-15-16-17-18-19/h12-13H,2-11,14-17H2,1H3/b13-12+. The molecule has 0 fully saturated rings. The molecule has 0 unspecified atom stereocenters. The van der Waals surface area contributed by atoms with Crippen molar-refractivity contribution in [3.8, 4) is 6.07 Å². The number of hydrogen-bond donors (Lipinski definition) is 0. The van der Waals surface area contributed by atoms with Crippen LogP contribution >= 0.6 is 0 Å². The third-order valence-corrected chi connectivity index (χ3v) is 3.55. The quantitative estimate of drug-likeness (QED) is 0.257. The molecule has 110 valence electrons. The monoisotopic (exact) mass is 263 g/mol. The Balaban J connectivity index is 3.02. The molecule has 0 amide bonds. The fraction of sp³-hybridized carbons (Fsp3) is 0.833. The van der Waals surface area contributed by atoms with E-state index in [9.17, 15) is 0 Å². The number of allylic oxidation sites excluding steroid dienone is 2. The molecule has 0 aromatic heterocycles. The van der Waals surface area contributed by atoms with E-state index in [4.69, 9.17) is 5.26 Å². The van der Waals surface area contributed by atoms with Gasteiger partial charge in [0.05, 0.1) is 6.07 Å². The molecular formula is C18H33N. The van der Waals surface area contributed by atoms with Crippen LogP contribution < -0.4 is 0 Å². The fourth-order valence-electron chi connectivity index (χ4n) is 2.27. The lowest BCUT2D eigenvalue weighted by molar-refractivity contribution is 0.566. The van der Waals surface area contributed by atoms with Gasteiger partial charge < -0.3 is 0 Å². The minimum Gasteiger partial charge on any atom is -0.198 e. The van der Waals surface area contributed by atoms with Gasteiger partial charge in [0, 0.05) is 6.42 Å². The van der Waals surface area contributed by atoms with Crippen LogP contribution in [0.25, 0.3) is 0 Å². The lowest BCUT2D eigenvalue weighted by Crippen LogP contribution is -1.80. The summed E-state index contributed by atoms with van der Waals surface area (Å²) in [4.78, 5) is 0. The lowest BCUT2D eigenvalue weighted by Gasteiger charge is -2.00. The molecule has 1 nitrogen and oxygen atoms in total. The maximum atomic E-state index is 8.40. The predicted octanol–water partition coefficient (Wildman–Crippen LogP) is 6.55. The van der Waals surface area contributed by atoms with Crippen molar-refractivity contribution in [3.63, 3.8) is 0 Å². The maximum absolute atomic E-state index is 8.40. The number of hydrogen-bond acceptors (Lipinski definition) is 1. The van der Waals surface area contributed by atoms with Crippen LogP contribution in [0.4, 0.5) is 0 Å². The van der Waals surface area contributed by atoms with Crippen LogP contribution in [0, 0.1) is 11.3 Å². The Morgan fingerprint density at radius 2 is 1.16 bits per heavy atom. The summed E-state index contributed by atoms with van der Waals surface area (Å²) in [5.74, 6) is 0. The summed E-state index contributed by atoms with van der Waals surface area (Å²) >= 11 is 0. The second-order valence-electron chi connectivity index (χ2n) is 5.49. The lowest BCUT2D eigenvalue weighted by atomic mass is 10.1. The zero-order chi connectivity index (χ0) is 14.0. The summed E-state index contributed by atoms with van der Waals surface area (Å²) in [6, 6.07) is 2.19. The van der Waals surface area contributed by atoms with E-state index in [1.54, 1.807) is 0 Å². The van der Waals surface area contributed by atoms with E-state index >= 15 is 0 Å². The minimum absolute atomic E-state index is 0.714. The molecule has 0 aliphatic rings. The Morgan fingerprint density at radius 1 is 0.684 bits per heavy atom. The first kappa shape index (κ1) is 18.2. The zero-order valence-electron chi connectivity index (χ0n) is 13.0. The summed E-state index contributed by atoms with van der Waals surface area (Å²) in [5, 5.41) is 8.40. The van der Waals surface area contributed by atoms with Crippen LogP contribution in [-0.4, -0.2) is 0 Å². The number of nitrogens with zero attached hydrogens (tertiary/aromatic N) is 1. The second-order valence-corrected chi connectivity index (χ2v) is 5.49. The number of rotatable bonds is 14. The van der Waals surface area contributed by atoms with Crippen molar-refractivity contribution in [3.05, 3.63) is 12.2 Å². The van der Waals surface area contributed by atoms with Gasteiger partial charge in [0.1, 0.15) is 0 Å². The van der Waals surface area contributed by atoms with Gasteiger partial charge in [-0.1, -0.05) is 70.4 Å². The van der Waals surface area contributed by atoms with E-state index in [0.717, 1.165) is 12.8 Å². The molecule has 0 heterocycles. The third kappa shape index (κ3) is 17.2. The molecule has 19 heavy (non-hydrogen) atoms. The van der Waals surface area contributed by atoms with Crippen molar-refractivity contribution in [2.75, 3.05) is 0 Å². The van der Waals surface area contributed by atoms with Crippen molar-refractivity contribution in [2.24, 2.45) is 0 Å². The Bertz CT molecular complexity index is 224. The summed E-state index contributed by atoms with van der Waals surface area (Å²) < 4.78 is 0. The largest absolute Gasteiger partial charge is 0.198 e. The summed E-state index contributed by atoms with van der Waals surface area (Å²) in [6.07, 6.45) is 22.6. The van der Waals surface area contributed by atoms with Crippen molar-refractivity contribution in [1.29, 1.82) is 5.26 Å². The van der Waals surface area contributed by atoms with Crippen LogP contribution in [0.2, 0.25) is 0 Å². The molecule has 1 heteroatoms. The van der Waals surface area contributed by atoms with Gasteiger partial charge in [0.15, 0.2) is 0 Å². The van der Waals surface area contributed by atoms with Gasteiger partial charge >= 0.3 is 0 Å². The highest BCUT2D eigenvalue weighted by Crippen LogP contribution is 2.10. The molecule has 0 aromatic rings. The number of unbranched alkanes of at least 4 members (excludes halogenated alkanes) is 12. The maximum Gasteiger partial charge on any atom is 0.0621 e. The van der Waals surface area contributed by atoms with Gasteiger partial charge in [-0.3, -0.25) is 0 Å². The molecule has 0 saturated carbocycles. The average molecular weight is 263 g/mol. The first-order valence-corrected chi connectivity index (χ1v) is 8.43. The highest BCUT2D eigenvalue weighted by Gasteiger charge is 1.91. The zero-order valence-corrected chi connectivity index (χ0v) is 13.0. The Morgan fingerprint density at radius 3 is 1.68 bits per heavy atom. The molecule has 0 atom stereocenters. The number of nitriles is 1. The Labute approximate surface area is 121 Å². The molecule has 0 radical (unpaired) electrons. The normalized spacial score (nSPS) is 10.9. The molecule has 0 rings (SSSR count). The van der Waals surface area contributed by atoms with Gasteiger partial charge in [0.2, 0.25) is 0 Å². The van der Waals surface area contributed by atoms with Gasteiger partial charge in [-0.15, -0.1) is 0 Å². The SMILES string of the molecule is CCCCCCCCCCC/C=C/CCCCC#N. The molecular weight excluding hydrogens is 230 g/mol. The predicted molar refractivity (Wildman–Crippen MR) is 85.1 cm³/mol. The van der Waals surface area contributed by atoms with Crippen LogP contribution in [0.5, 0.6) is 0 Å².